The molecule has 6 nitrogen and oxygen atoms in total. The lowest BCUT2D eigenvalue weighted by Gasteiger charge is -2.22. The van der Waals surface area contributed by atoms with Gasteiger partial charge in [-0.3, -0.25) is 9.59 Å². The molecule has 2 atom stereocenters. The molecule has 0 amide bonds. The zero-order valence-corrected chi connectivity index (χ0v) is 12.5. The van der Waals surface area contributed by atoms with Crippen LogP contribution in [0, 0.1) is 5.41 Å². The van der Waals surface area contributed by atoms with Gasteiger partial charge >= 0.3 is 11.9 Å². The maximum absolute atomic E-state index is 10.2. The number of rotatable bonds is 4. The molecule has 6 heteroatoms. The molecule has 0 radical (unpaired) electrons. The van der Waals surface area contributed by atoms with Gasteiger partial charge < -0.3 is 21.7 Å². The molecule has 0 fully saturated rings. The third kappa shape index (κ3) is 14.5. The number of carbonyl (C=O) groups is 2. The summed E-state index contributed by atoms with van der Waals surface area (Å²) in [6.07, 6.45) is 1.81. The number of hydrogen-bond acceptors (Lipinski definition) is 4. The number of aliphatic carboxylic acids is 2. The quantitative estimate of drug-likeness (QED) is 0.575. The van der Waals surface area contributed by atoms with Crippen molar-refractivity contribution in [3.05, 3.63) is 12.7 Å². The molecule has 114 valence electrons. The molecular weight excluding hydrogens is 248 g/mol. The molecule has 1 unspecified atom stereocenters. The zero-order chi connectivity index (χ0) is 16.2. The van der Waals surface area contributed by atoms with Crippen molar-refractivity contribution in [2.24, 2.45) is 16.9 Å². The minimum Gasteiger partial charge on any atom is -0.480 e. The Kier molecular flexibility index (Phi) is 14.0. The average Bonchev–Trinajstić information content (AvgIpc) is 2.30. The number of nitrogens with two attached hydrogens (primary N) is 2. The van der Waals surface area contributed by atoms with E-state index in [0.29, 0.717) is 6.42 Å². The predicted molar refractivity (Wildman–Crippen MR) is 76.8 cm³/mol. The molecule has 0 aromatic carbocycles. The van der Waals surface area contributed by atoms with Crippen LogP contribution in [0.25, 0.3) is 0 Å². The molecule has 0 aromatic heterocycles. The summed E-state index contributed by atoms with van der Waals surface area (Å²) in [6, 6.07) is -1.55. The summed E-state index contributed by atoms with van der Waals surface area (Å²) in [5.41, 5.74) is 10.0. The first-order valence-electron chi connectivity index (χ1n) is 6.11. The van der Waals surface area contributed by atoms with Crippen molar-refractivity contribution in [2.75, 3.05) is 0 Å². The Morgan fingerprint density at radius 2 is 1.53 bits per heavy atom. The van der Waals surface area contributed by atoms with Crippen molar-refractivity contribution < 1.29 is 19.8 Å². The highest BCUT2D eigenvalue weighted by atomic mass is 16.4. The lowest BCUT2D eigenvalue weighted by molar-refractivity contribution is -0.141. The summed E-state index contributed by atoms with van der Waals surface area (Å²) in [5.74, 6) is -1.92. The summed E-state index contributed by atoms with van der Waals surface area (Å²) in [6.45, 7) is 12.7. The Morgan fingerprint density at radius 1 is 1.16 bits per heavy atom. The van der Waals surface area contributed by atoms with Crippen LogP contribution in [-0.2, 0) is 9.59 Å². The molecular formula is C13H28N2O4. The van der Waals surface area contributed by atoms with Crippen molar-refractivity contribution in [1.29, 1.82) is 0 Å². The van der Waals surface area contributed by atoms with Crippen LogP contribution in [0.15, 0.2) is 12.7 Å². The molecule has 0 aromatic rings. The highest BCUT2D eigenvalue weighted by molar-refractivity contribution is 5.74. The maximum Gasteiger partial charge on any atom is 0.321 e. The fraction of sp³-hybridized carbons (Fsp3) is 0.692. The van der Waals surface area contributed by atoms with Crippen LogP contribution in [0.5, 0.6) is 0 Å². The Balaban J connectivity index is -0.000000239. The zero-order valence-electron chi connectivity index (χ0n) is 12.5. The van der Waals surface area contributed by atoms with Crippen LogP contribution in [0.2, 0.25) is 0 Å². The van der Waals surface area contributed by atoms with Gasteiger partial charge in [0.2, 0.25) is 0 Å². The van der Waals surface area contributed by atoms with E-state index < -0.39 is 24.0 Å². The van der Waals surface area contributed by atoms with Crippen LogP contribution in [0.3, 0.4) is 0 Å². The third-order valence-corrected chi connectivity index (χ3v) is 1.94. The molecule has 0 aliphatic rings. The SMILES string of the molecule is C=CC[C@H](N)C(=O)O.CC.CC(C)(C)C(N)C(=O)O. The molecule has 19 heavy (non-hydrogen) atoms. The third-order valence-electron chi connectivity index (χ3n) is 1.94. The van der Waals surface area contributed by atoms with Gasteiger partial charge in [0.05, 0.1) is 0 Å². The fourth-order valence-corrected chi connectivity index (χ4v) is 0.651. The van der Waals surface area contributed by atoms with E-state index in [0.717, 1.165) is 0 Å². The van der Waals surface area contributed by atoms with E-state index in [1.54, 1.807) is 20.8 Å². The summed E-state index contributed by atoms with van der Waals surface area (Å²) >= 11 is 0. The highest BCUT2D eigenvalue weighted by Crippen LogP contribution is 2.16. The van der Waals surface area contributed by atoms with Gasteiger partial charge in [-0.05, 0) is 11.8 Å². The average molecular weight is 276 g/mol. The highest BCUT2D eigenvalue weighted by Gasteiger charge is 2.26. The lowest BCUT2D eigenvalue weighted by Crippen LogP contribution is -2.41. The smallest absolute Gasteiger partial charge is 0.321 e. The first-order valence-corrected chi connectivity index (χ1v) is 6.11. The van der Waals surface area contributed by atoms with Crippen molar-refractivity contribution in [1.82, 2.24) is 0 Å². The molecule has 0 bridgehead atoms. The van der Waals surface area contributed by atoms with E-state index in [-0.39, 0.29) is 5.41 Å². The van der Waals surface area contributed by atoms with E-state index >= 15 is 0 Å². The molecule has 0 saturated heterocycles. The van der Waals surface area contributed by atoms with Crippen molar-refractivity contribution in [3.8, 4) is 0 Å². The standard InChI is InChI=1S/C6H13NO2.C5H9NO2.C2H6/c1-6(2,3)4(7)5(8)9;1-2-3-4(6)5(7)8;1-2/h4H,7H2,1-3H3,(H,8,9);2,4H,1,3,6H2,(H,7,8);1-2H3/t;4-;/m.0./s1. The summed E-state index contributed by atoms with van der Waals surface area (Å²) in [5, 5.41) is 16.5. The summed E-state index contributed by atoms with van der Waals surface area (Å²) < 4.78 is 0. The molecule has 0 saturated carbocycles. The molecule has 6 N–H and O–H groups in total. The van der Waals surface area contributed by atoms with Gasteiger partial charge in [0, 0.05) is 0 Å². The Morgan fingerprint density at radius 3 is 1.58 bits per heavy atom. The van der Waals surface area contributed by atoms with Crippen LogP contribution >= 0.6 is 0 Å². The Bertz CT molecular complexity index is 272. The molecule has 0 aliphatic carbocycles. The minimum absolute atomic E-state index is 0.329. The topological polar surface area (TPSA) is 127 Å². The minimum atomic E-state index is -0.982. The van der Waals surface area contributed by atoms with E-state index in [2.05, 4.69) is 6.58 Å². The van der Waals surface area contributed by atoms with Crippen LogP contribution < -0.4 is 11.5 Å². The summed E-state index contributed by atoms with van der Waals surface area (Å²) in [4.78, 5) is 20.1. The number of carboxylic acids is 2. The van der Waals surface area contributed by atoms with Gasteiger partial charge in [-0.15, -0.1) is 6.58 Å². The normalized spacial score (nSPS) is 12.8. The largest absolute Gasteiger partial charge is 0.480 e. The first-order chi connectivity index (χ1) is 8.53. The van der Waals surface area contributed by atoms with E-state index in [1.165, 1.54) is 6.08 Å². The van der Waals surface area contributed by atoms with Gasteiger partial charge in [-0.1, -0.05) is 40.7 Å². The second kappa shape index (κ2) is 11.7. The first kappa shape index (κ1) is 22.8. The van der Waals surface area contributed by atoms with Gasteiger partial charge in [0.1, 0.15) is 12.1 Å². The second-order valence-corrected chi connectivity index (χ2v) is 4.65. The van der Waals surface area contributed by atoms with Crippen LogP contribution in [0.1, 0.15) is 41.0 Å². The van der Waals surface area contributed by atoms with Crippen molar-refractivity contribution in [2.45, 2.75) is 53.1 Å². The maximum atomic E-state index is 10.2. The van der Waals surface area contributed by atoms with Gasteiger partial charge in [-0.2, -0.15) is 0 Å². The molecule has 0 spiro atoms. The van der Waals surface area contributed by atoms with E-state index in [4.69, 9.17) is 21.7 Å². The lowest BCUT2D eigenvalue weighted by atomic mass is 9.88. The second-order valence-electron chi connectivity index (χ2n) is 4.65. The fourth-order valence-electron chi connectivity index (χ4n) is 0.651. The number of carboxylic acid groups (broad SMARTS) is 2. The molecule has 0 heterocycles. The van der Waals surface area contributed by atoms with Crippen LogP contribution in [0.4, 0.5) is 0 Å². The monoisotopic (exact) mass is 276 g/mol. The van der Waals surface area contributed by atoms with E-state index in [1.807, 2.05) is 13.8 Å². The molecule has 0 rings (SSSR count). The number of hydrogen-bond donors (Lipinski definition) is 4. The van der Waals surface area contributed by atoms with E-state index in [9.17, 15) is 9.59 Å². The summed E-state index contributed by atoms with van der Waals surface area (Å²) in [7, 11) is 0. The predicted octanol–water partition coefficient (Wildman–Crippen LogP) is 1.45. The van der Waals surface area contributed by atoms with Gasteiger partial charge in [-0.25, -0.2) is 0 Å². The Hall–Kier alpha value is -1.40. The van der Waals surface area contributed by atoms with Gasteiger partial charge in [0.15, 0.2) is 0 Å². The van der Waals surface area contributed by atoms with Crippen LogP contribution in [-0.4, -0.2) is 34.2 Å². The van der Waals surface area contributed by atoms with Gasteiger partial charge in [0.25, 0.3) is 0 Å². The van der Waals surface area contributed by atoms with Crippen molar-refractivity contribution in [3.63, 3.8) is 0 Å². The van der Waals surface area contributed by atoms with Crippen molar-refractivity contribution >= 4 is 11.9 Å². The molecule has 0 aliphatic heterocycles. The Labute approximate surface area is 115 Å².